The third kappa shape index (κ3) is 2.98. The number of aliphatic hydroxyl groups is 4. The van der Waals surface area contributed by atoms with Gasteiger partial charge in [-0.05, 0) is 97.2 Å². The van der Waals surface area contributed by atoms with Crippen LogP contribution in [0.25, 0.3) is 0 Å². The Morgan fingerprint density at radius 2 is 1.50 bits per heavy atom. The molecule has 0 radical (unpaired) electrons. The third-order valence-electron chi connectivity index (χ3n) is 13.2. The van der Waals surface area contributed by atoms with Gasteiger partial charge in [-0.1, -0.05) is 53.2 Å². The topological polar surface area (TPSA) is 80.9 Å². The van der Waals surface area contributed by atoms with Crippen LogP contribution in [0.2, 0.25) is 0 Å². The fourth-order valence-electron chi connectivity index (χ4n) is 10.8. The monoisotopic (exact) mass is 474 g/mol. The van der Waals surface area contributed by atoms with Crippen LogP contribution in [0.1, 0.15) is 99.3 Å². The first-order valence-corrected chi connectivity index (χ1v) is 14.0. The summed E-state index contributed by atoms with van der Waals surface area (Å²) in [6.07, 6.45) is 10.4. The molecule has 0 amide bonds. The molecule has 5 aliphatic carbocycles. The first-order chi connectivity index (χ1) is 15.7. The van der Waals surface area contributed by atoms with Crippen molar-refractivity contribution in [1.29, 1.82) is 0 Å². The van der Waals surface area contributed by atoms with Crippen LogP contribution in [0.4, 0.5) is 0 Å². The molecule has 0 spiro atoms. The Bertz CT molecular complexity index is 866. The minimum Gasteiger partial charge on any atom is -0.396 e. The third-order valence-corrected chi connectivity index (χ3v) is 13.2. The molecule has 0 aliphatic heterocycles. The van der Waals surface area contributed by atoms with Gasteiger partial charge < -0.3 is 20.4 Å². The lowest BCUT2D eigenvalue weighted by Gasteiger charge is -2.71. The van der Waals surface area contributed by atoms with Gasteiger partial charge in [-0.2, -0.15) is 0 Å². The lowest BCUT2D eigenvalue weighted by molar-refractivity contribution is -0.243. The van der Waals surface area contributed by atoms with E-state index in [1.54, 1.807) is 5.57 Å². The molecule has 0 aromatic rings. The van der Waals surface area contributed by atoms with E-state index in [1.165, 1.54) is 12.8 Å². The molecule has 0 bridgehead atoms. The van der Waals surface area contributed by atoms with Crippen LogP contribution in [0.3, 0.4) is 0 Å². The highest BCUT2D eigenvalue weighted by molar-refractivity contribution is 5.34. The zero-order valence-corrected chi connectivity index (χ0v) is 22.5. The molecular weight excluding hydrogens is 424 g/mol. The molecule has 0 aromatic carbocycles. The Labute approximate surface area is 207 Å². The Morgan fingerprint density at radius 3 is 2.15 bits per heavy atom. The number of hydrogen-bond donors (Lipinski definition) is 4. The van der Waals surface area contributed by atoms with E-state index in [9.17, 15) is 20.4 Å². The molecule has 4 saturated carbocycles. The Balaban J connectivity index is 1.59. The molecule has 194 valence electrons. The molecular formula is C30H50O4. The Kier molecular flexibility index (Phi) is 5.61. The predicted octanol–water partition coefficient (Wildman–Crippen LogP) is 5.08. The Hall–Kier alpha value is -0.420. The van der Waals surface area contributed by atoms with Crippen LogP contribution in [-0.4, -0.2) is 45.8 Å². The number of allylic oxidation sites excluding steroid dienone is 2. The van der Waals surface area contributed by atoms with Crippen molar-refractivity contribution in [2.24, 2.45) is 50.2 Å². The number of hydrogen-bond acceptors (Lipinski definition) is 4. The minimum atomic E-state index is -0.866. The molecule has 34 heavy (non-hydrogen) atoms. The highest BCUT2D eigenvalue weighted by Crippen LogP contribution is 2.75. The summed E-state index contributed by atoms with van der Waals surface area (Å²) in [7, 11) is 0. The molecule has 4 heteroatoms. The SMILES string of the molecule is CC1(C)CC[C@]2(CO)CC[C@]3(C)C(=CC[C@@H]4[C@@]5(C)C[C@H](O)[C@H](O)[C@@](C)(CO)[C@H]5CC[C@]43C)[C@@H]2C1. The second kappa shape index (κ2) is 7.55. The van der Waals surface area contributed by atoms with Crippen LogP contribution < -0.4 is 0 Å². The second-order valence-corrected chi connectivity index (χ2v) is 15.1. The summed E-state index contributed by atoms with van der Waals surface area (Å²) in [4.78, 5) is 0. The van der Waals surface area contributed by atoms with E-state index in [2.05, 4.69) is 40.7 Å². The van der Waals surface area contributed by atoms with Gasteiger partial charge in [0.1, 0.15) is 0 Å². The van der Waals surface area contributed by atoms with E-state index >= 15 is 0 Å². The van der Waals surface area contributed by atoms with Crippen molar-refractivity contribution >= 4 is 0 Å². The van der Waals surface area contributed by atoms with Crippen molar-refractivity contribution in [3.05, 3.63) is 11.6 Å². The van der Waals surface area contributed by atoms with Gasteiger partial charge in [0.15, 0.2) is 0 Å². The molecule has 0 unspecified atom stereocenters. The molecule has 0 heterocycles. The van der Waals surface area contributed by atoms with Gasteiger partial charge >= 0.3 is 0 Å². The van der Waals surface area contributed by atoms with Gasteiger partial charge in [0.2, 0.25) is 0 Å². The van der Waals surface area contributed by atoms with E-state index in [0.29, 0.717) is 30.3 Å². The molecule has 0 saturated heterocycles. The zero-order chi connectivity index (χ0) is 24.9. The normalized spacial score (nSPS) is 56.4. The molecule has 4 nitrogen and oxygen atoms in total. The summed E-state index contributed by atoms with van der Waals surface area (Å²) in [5.41, 5.74) is 1.42. The zero-order valence-electron chi connectivity index (χ0n) is 22.5. The highest BCUT2D eigenvalue weighted by Gasteiger charge is 2.69. The number of aliphatic hydroxyl groups excluding tert-OH is 4. The maximum absolute atomic E-state index is 11.0. The highest BCUT2D eigenvalue weighted by atomic mass is 16.3. The van der Waals surface area contributed by atoms with Gasteiger partial charge in [0.05, 0.1) is 18.8 Å². The van der Waals surface area contributed by atoms with Crippen LogP contribution >= 0.6 is 0 Å². The Morgan fingerprint density at radius 1 is 0.824 bits per heavy atom. The number of rotatable bonds is 2. The van der Waals surface area contributed by atoms with Crippen molar-refractivity contribution in [2.75, 3.05) is 13.2 Å². The standard InChI is InChI=1S/C30H50O4/c1-25(2)11-13-30(18-32)14-12-28(5)19(20(30)15-25)7-8-23-26(3)16-21(33)24(34)27(4,17-31)22(26)9-10-29(23,28)6/h7,20-24,31-34H,8-18H2,1-6H3/t20-,21-,22-,23+,24-,26-,27-,28+,29+,30+/m0/s1. The second-order valence-electron chi connectivity index (χ2n) is 15.1. The predicted molar refractivity (Wildman–Crippen MR) is 135 cm³/mol. The molecule has 10 atom stereocenters. The molecule has 4 N–H and O–H groups in total. The van der Waals surface area contributed by atoms with Crippen molar-refractivity contribution in [3.63, 3.8) is 0 Å². The van der Waals surface area contributed by atoms with E-state index in [4.69, 9.17) is 0 Å². The molecule has 4 fully saturated rings. The first kappa shape index (κ1) is 25.2. The summed E-state index contributed by atoms with van der Waals surface area (Å²) < 4.78 is 0. The van der Waals surface area contributed by atoms with E-state index < -0.39 is 17.6 Å². The first-order valence-electron chi connectivity index (χ1n) is 14.0. The van der Waals surface area contributed by atoms with Gasteiger partial charge in [-0.15, -0.1) is 0 Å². The van der Waals surface area contributed by atoms with Gasteiger partial charge in [-0.3, -0.25) is 0 Å². The molecule has 0 aromatic heterocycles. The van der Waals surface area contributed by atoms with Crippen LogP contribution in [0.15, 0.2) is 11.6 Å². The summed E-state index contributed by atoms with van der Waals surface area (Å²) in [6.45, 7) is 14.4. The van der Waals surface area contributed by atoms with Gasteiger partial charge in [-0.25, -0.2) is 0 Å². The summed E-state index contributed by atoms with van der Waals surface area (Å²) in [5.74, 6) is 1.08. The summed E-state index contributed by atoms with van der Waals surface area (Å²) >= 11 is 0. The fraction of sp³-hybridized carbons (Fsp3) is 0.933. The molecule has 5 rings (SSSR count). The van der Waals surface area contributed by atoms with E-state index in [-0.39, 0.29) is 34.2 Å². The minimum absolute atomic E-state index is 0.0474. The number of fused-ring (bicyclic) bond motifs is 7. The lowest BCUT2D eigenvalue weighted by atomic mass is 9.33. The van der Waals surface area contributed by atoms with Crippen molar-refractivity contribution < 1.29 is 20.4 Å². The van der Waals surface area contributed by atoms with E-state index in [0.717, 1.165) is 38.5 Å². The van der Waals surface area contributed by atoms with Gasteiger partial charge in [0.25, 0.3) is 0 Å². The fourth-order valence-corrected chi connectivity index (χ4v) is 10.8. The van der Waals surface area contributed by atoms with Crippen molar-refractivity contribution in [1.82, 2.24) is 0 Å². The van der Waals surface area contributed by atoms with E-state index in [1.807, 2.05) is 6.92 Å². The molecule has 5 aliphatic rings. The summed E-state index contributed by atoms with van der Waals surface area (Å²) in [6, 6.07) is 0. The maximum atomic E-state index is 11.0. The summed E-state index contributed by atoms with van der Waals surface area (Å²) in [5, 5.41) is 43.0. The van der Waals surface area contributed by atoms with Crippen LogP contribution in [-0.2, 0) is 0 Å². The lowest BCUT2D eigenvalue weighted by Crippen LogP contribution is -2.68. The van der Waals surface area contributed by atoms with Crippen LogP contribution in [0.5, 0.6) is 0 Å². The average molecular weight is 475 g/mol. The van der Waals surface area contributed by atoms with Gasteiger partial charge in [0, 0.05) is 17.4 Å². The largest absolute Gasteiger partial charge is 0.396 e. The van der Waals surface area contributed by atoms with Crippen molar-refractivity contribution in [3.8, 4) is 0 Å². The quantitative estimate of drug-likeness (QED) is 0.421. The maximum Gasteiger partial charge on any atom is 0.0877 e. The smallest absolute Gasteiger partial charge is 0.0877 e. The van der Waals surface area contributed by atoms with Crippen molar-refractivity contribution in [2.45, 2.75) is 112 Å². The average Bonchev–Trinajstić information content (AvgIpc) is 2.77. The van der Waals surface area contributed by atoms with Crippen LogP contribution in [0, 0.1) is 50.2 Å².